The second-order valence-corrected chi connectivity index (χ2v) is 5.49. The molecule has 0 aliphatic rings. The zero-order chi connectivity index (χ0) is 13.8. The lowest BCUT2D eigenvalue weighted by Crippen LogP contribution is -2.10. The molecule has 0 aliphatic carbocycles. The Hall–Kier alpha value is -1.94. The molecule has 0 fully saturated rings. The molecule has 0 saturated heterocycles. The number of thiophene rings is 1. The van der Waals surface area contributed by atoms with Gasteiger partial charge in [-0.2, -0.15) is 0 Å². The average Bonchev–Trinajstić information content (AvgIpc) is 2.83. The number of hydrogen-bond donors (Lipinski definition) is 0. The summed E-state index contributed by atoms with van der Waals surface area (Å²) in [5.41, 5.74) is 0.580. The first-order chi connectivity index (χ1) is 9.06. The number of hydrogen-bond acceptors (Lipinski definition) is 4. The minimum atomic E-state index is -0.0497. The Morgan fingerprint density at radius 3 is 2.63 bits per heavy atom. The van der Waals surface area contributed by atoms with Crippen LogP contribution in [0.4, 0.5) is 0 Å². The highest BCUT2D eigenvalue weighted by Gasteiger charge is 2.09. The summed E-state index contributed by atoms with van der Waals surface area (Å²) in [6, 6.07) is 10.6. The van der Waals surface area contributed by atoms with Crippen LogP contribution in [0, 0.1) is 6.92 Å². The first-order valence-corrected chi connectivity index (χ1v) is 6.71. The van der Waals surface area contributed by atoms with Crippen LogP contribution < -0.4 is 4.74 Å². The van der Waals surface area contributed by atoms with Crippen molar-refractivity contribution in [2.45, 2.75) is 13.8 Å². The molecule has 0 saturated carbocycles. The molecule has 3 nitrogen and oxygen atoms in total. The van der Waals surface area contributed by atoms with Gasteiger partial charge in [-0.1, -0.05) is 12.1 Å². The van der Waals surface area contributed by atoms with Crippen LogP contribution in [0.1, 0.15) is 31.8 Å². The maximum atomic E-state index is 11.9. The fourth-order valence-electron chi connectivity index (χ4n) is 1.61. The van der Waals surface area contributed by atoms with E-state index in [1.807, 2.05) is 13.0 Å². The van der Waals surface area contributed by atoms with Crippen molar-refractivity contribution in [3.8, 4) is 5.75 Å². The third kappa shape index (κ3) is 3.51. The Morgan fingerprint density at radius 2 is 2.00 bits per heavy atom. The molecular formula is C15H14O3S. The van der Waals surface area contributed by atoms with Gasteiger partial charge >= 0.3 is 0 Å². The summed E-state index contributed by atoms with van der Waals surface area (Å²) in [6.07, 6.45) is 0. The van der Waals surface area contributed by atoms with Crippen LogP contribution in [0.15, 0.2) is 36.4 Å². The second kappa shape index (κ2) is 5.80. The van der Waals surface area contributed by atoms with Crippen molar-refractivity contribution < 1.29 is 14.3 Å². The predicted molar refractivity (Wildman–Crippen MR) is 75.3 cm³/mol. The van der Waals surface area contributed by atoms with Crippen LogP contribution >= 0.6 is 11.3 Å². The van der Waals surface area contributed by atoms with E-state index in [9.17, 15) is 9.59 Å². The van der Waals surface area contributed by atoms with Gasteiger partial charge in [0.1, 0.15) is 5.75 Å². The van der Waals surface area contributed by atoms with Gasteiger partial charge in [0.05, 0.1) is 4.88 Å². The minimum absolute atomic E-state index is 0.0126. The van der Waals surface area contributed by atoms with E-state index in [4.69, 9.17) is 4.74 Å². The molecule has 2 aromatic rings. The number of benzene rings is 1. The quantitative estimate of drug-likeness (QED) is 0.783. The van der Waals surface area contributed by atoms with Crippen molar-refractivity contribution in [2.24, 2.45) is 0 Å². The minimum Gasteiger partial charge on any atom is -0.485 e. The average molecular weight is 274 g/mol. The van der Waals surface area contributed by atoms with Gasteiger partial charge in [0.2, 0.25) is 5.78 Å². The van der Waals surface area contributed by atoms with Gasteiger partial charge in [-0.25, -0.2) is 0 Å². The molecule has 2 rings (SSSR count). The van der Waals surface area contributed by atoms with Gasteiger partial charge in [0.25, 0.3) is 0 Å². The van der Waals surface area contributed by atoms with Crippen LogP contribution in [0.3, 0.4) is 0 Å². The largest absolute Gasteiger partial charge is 0.485 e. The summed E-state index contributed by atoms with van der Waals surface area (Å²) in [7, 11) is 0. The van der Waals surface area contributed by atoms with E-state index >= 15 is 0 Å². The third-order valence-corrected chi connectivity index (χ3v) is 3.67. The number of carbonyl (C=O) groups excluding carboxylic acids is 2. The van der Waals surface area contributed by atoms with Gasteiger partial charge in [0, 0.05) is 10.4 Å². The van der Waals surface area contributed by atoms with Gasteiger partial charge in [-0.15, -0.1) is 11.3 Å². The monoisotopic (exact) mass is 274 g/mol. The molecule has 1 aromatic heterocycles. The lowest BCUT2D eigenvalue weighted by Gasteiger charge is -2.05. The van der Waals surface area contributed by atoms with E-state index in [1.54, 1.807) is 30.3 Å². The molecule has 19 heavy (non-hydrogen) atoms. The maximum absolute atomic E-state index is 11.9. The van der Waals surface area contributed by atoms with E-state index < -0.39 is 0 Å². The molecule has 4 heteroatoms. The van der Waals surface area contributed by atoms with Crippen LogP contribution in [0.25, 0.3) is 0 Å². The van der Waals surface area contributed by atoms with Crippen molar-refractivity contribution in [3.63, 3.8) is 0 Å². The molecule has 0 aliphatic heterocycles. The summed E-state index contributed by atoms with van der Waals surface area (Å²) < 4.78 is 5.43. The van der Waals surface area contributed by atoms with Gasteiger partial charge in [-0.3, -0.25) is 9.59 Å². The van der Waals surface area contributed by atoms with Crippen molar-refractivity contribution in [1.82, 2.24) is 0 Å². The summed E-state index contributed by atoms with van der Waals surface area (Å²) in [4.78, 5) is 24.9. The lowest BCUT2D eigenvalue weighted by atomic mass is 10.1. The number of aryl methyl sites for hydroxylation is 1. The molecule has 0 bridgehead atoms. The molecule has 1 heterocycles. The number of ether oxygens (including phenoxy) is 1. The SMILES string of the molecule is CC(=O)c1cccc(OCC(=O)c2ccc(C)s2)c1. The molecule has 0 spiro atoms. The van der Waals surface area contributed by atoms with E-state index in [0.29, 0.717) is 16.2 Å². The number of carbonyl (C=O) groups is 2. The Labute approximate surface area is 115 Å². The van der Waals surface area contributed by atoms with E-state index in [1.165, 1.54) is 18.3 Å². The summed E-state index contributed by atoms with van der Waals surface area (Å²) in [5, 5.41) is 0. The Balaban J connectivity index is 2.01. The first-order valence-electron chi connectivity index (χ1n) is 5.89. The topological polar surface area (TPSA) is 43.4 Å². The molecule has 0 amide bonds. The number of Topliss-reactive ketones (excluding diaryl/α,β-unsaturated/α-hetero) is 2. The highest BCUT2D eigenvalue weighted by Crippen LogP contribution is 2.17. The van der Waals surface area contributed by atoms with Crippen LogP contribution in [-0.2, 0) is 0 Å². The summed E-state index contributed by atoms with van der Waals surface area (Å²) in [6.45, 7) is 3.44. The highest BCUT2D eigenvalue weighted by atomic mass is 32.1. The normalized spacial score (nSPS) is 10.2. The van der Waals surface area contributed by atoms with E-state index in [0.717, 1.165) is 4.88 Å². The predicted octanol–water partition coefficient (Wildman–Crippen LogP) is 3.52. The molecule has 0 N–H and O–H groups in total. The van der Waals surface area contributed by atoms with Crippen LogP contribution in [0.2, 0.25) is 0 Å². The van der Waals surface area contributed by atoms with Crippen molar-refractivity contribution in [2.75, 3.05) is 6.61 Å². The Kier molecular flexibility index (Phi) is 4.12. The summed E-state index contributed by atoms with van der Waals surface area (Å²) >= 11 is 1.46. The Bertz CT molecular complexity index is 613. The van der Waals surface area contributed by atoms with E-state index in [-0.39, 0.29) is 18.2 Å². The van der Waals surface area contributed by atoms with Crippen LogP contribution in [-0.4, -0.2) is 18.2 Å². The van der Waals surface area contributed by atoms with Crippen molar-refractivity contribution in [3.05, 3.63) is 51.7 Å². The first kappa shape index (κ1) is 13.5. The fourth-order valence-corrected chi connectivity index (χ4v) is 2.40. The lowest BCUT2D eigenvalue weighted by molar-refractivity contribution is 0.0925. The summed E-state index contributed by atoms with van der Waals surface area (Å²) in [5.74, 6) is 0.464. The smallest absolute Gasteiger partial charge is 0.210 e. The highest BCUT2D eigenvalue weighted by molar-refractivity contribution is 7.14. The van der Waals surface area contributed by atoms with Gasteiger partial charge < -0.3 is 4.74 Å². The number of rotatable bonds is 5. The van der Waals surface area contributed by atoms with Crippen molar-refractivity contribution >= 4 is 22.9 Å². The molecule has 0 unspecified atom stereocenters. The van der Waals surface area contributed by atoms with Crippen molar-refractivity contribution in [1.29, 1.82) is 0 Å². The molecule has 98 valence electrons. The molecule has 0 atom stereocenters. The molecular weight excluding hydrogens is 260 g/mol. The van der Waals surface area contributed by atoms with E-state index in [2.05, 4.69) is 0 Å². The third-order valence-electron chi connectivity index (χ3n) is 2.63. The van der Waals surface area contributed by atoms with Gasteiger partial charge in [-0.05, 0) is 38.1 Å². The molecule has 1 aromatic carbocycles. The zero-order valence-corrected chi connectivity index (χ0v) is 11.6. The molecule has 0 radical (unpaired) electrons. The number of ketones is 2. The maximum Gasteiger partial charge on any atom is 0.210 e. The second-order valence-electron chi connectivity index (χ2n) is 4.21. The standard InChI is InChI=1S/C15H14O3S/c1-10-6-7-15(19-10)14(17)9-18-13-5-3-4-12(8-13)11(2)16/h3-8H,9H2,1-2H3. The fraction of sp³-hybridized carbons (Fsp3) is 0.200. The zero-order valence-electron chi connectivity index (χ0n) is 10.8. The van der Waals surface area contributed by atoms with Gasteiger partial charge in [0.15, 0.2) is 12.4 Å². The van der Waals surface area contributed by atoms with Crippen LogP contribution in [0.5, 0.6) is 5.75 Å². The Morgan fingerprint density at radius 1 is 1.21 bits per heavy atom.